The molecule has 2 aromatic carbocycles. The molecule has 2 N–H and O–H groups in total. The van der Waals surface area contributed by atoms with Crippen LogP contribution in [0.2, 0.25) is 0 Å². The molecule has 6 heteroatoms. The molecule has 0 saturated heterocycles. The highest BCUT2D eigenvalue weighted by atomic mass is 19.1. The van der Waals surface area contributed by atoms with E-state index in [0.717, 1.165) is 17.5 Å². The van der Waals surface area contributed by atoms with E-state index in [1.165, 1.54) is 24.9 Å². The maximum absolute atomic E-state index is 14.9. The monoisotopic (exact) mass is 422 g/mol. The van der Waals surface area contributed by atoms with E-state index in [9.17, 15) is 8.78 Å². The van der Waals surface area contributed by atoms with Crippen molar-refractivity contribution >= 4 is 0 Å². The van der Waals surface area contributed by atoms with Crippen LogP contribution in [0.5, 0.6) is 0 Å². The highest BCUT2D eigenvalue weighted by Crippen LogP contribution is 2.61. The fourth-order valence-corrected chi connectivity index (χ4v) is 5.78. The lowest BCUT2D eigenvalue weighted by Gasteiger charge is -2.62. The first kappa shape index (κ1) is 20.3. The zero-order valence-electron chi connectivity index (χ0n) is 18.1. The Hall–Kier alpha value is -2.60. The molecule has 2 bridgehead atoms. The summed E-state index contributed by atoms with van der Waals surface area (Å²) >= 11 is 0. The summed E-state index contributed by atoms with van der Waals surface area (Å²) in [4.78, 5) is 4.14. The average Bonchev–Trinajstić information content (AvgIpc) is 3.28. The molecule has 3 aliphatic rings. The van der Waals surface area contributed by atoms with Crippen molar-refractivity contribution in [2.24, 2.45) is 23.2 Å². The van der Waals surface area contributed by atoms with E-state index in [2.05, 4.69) is 41.3 Å². The van der Waals surface area contributed by atoms with E-state index in [0.29, 0.717) is 40.6 Å². The molecule has 6 rings (SSSR count). The fourth-order valence-electron chi connectivity index (χ4n) is 5.78. The van der Waals surface area contributed by atoms with Crippen molar-refractivity contribution in [3.8, 4) is 22.5 Å². The van der Waals surface area contributed by atoms with Crippen molar-refractivity contribution in [1.29, 1.82) is 0 Å². The Bertz CT molecular complexity index is 1070. The van der Waals surface area contributed by atoms with Gasteiger partial charge in [0.1, 0.15) is 18.0 Å². The number of aromatic amines is 1. The third kappa shape index (κ3) is 3.47. The van der Waals surface area contributed by atoms with E-state index in [-0.39, 0.29) is 12.1 Å². The van der Waals surface area contributed by atoms with Gasteiger partial charge in [0.25, 0.3) is 0 Å². The molecule has 31 heavy (non-hydrogen) atoms. The molecule has 1 heterocycles. The van der Waals surface area contributed by atoms with Crippen molar-refractivity contribution in [2.45, 2.75) is 46.2 Å². The maximum atomic E-state index is 14.9. The minimum absolute atomic E-state index is 0.111. The zero-order valence-corrected chi connectivity index (χ0v) is 18.1. The van der Waals surface area contributed by atoms with Gasteiger partial charge in [-0.1, -0.05) is 39.0 Å². The van der Waals surface area contributed by atoms with Crippen molar-refractivity contribution in [2.75, 3.05) is 0 Å². The van der Waals surface area contributed by atoms with Crippen LogP contribution in [0, 0.1) is 34.8 Å². The van der Waals surface area contributed by atoms with Gasteiger partial charge in [0.2, 0.25) is 0 Å². The Kier molecular flexibility index (Phi) is 4.93. The van der Waals surface area contributed by atoms with Crippen LogP contribution in [0.15, 0.2) is 42.7 Å². The highest BCUT2D eigenvalue weighted by molar-refractivity contribution is 5.70. The van der Waals surface area contributed by atoms with Crippen molar-refractivity contribution in [1.82, 2.24) is 20.5 Å². The van der Waals surface area contributed by atoms with E-state index < -0.39 is 11.6 Å². The van der Waals surface area contributed by atoms with Gasteiger partial charge in [0, 0.05) is 23.7 Å². The molecule has 0 radical (unpaired) electrons. The number of nitrogens with zero attached hydrogens (tertiary/aromatic N) is 2. The van der Waals surface area contributed by atoms with Crippen molar-refractivity contribution < 1.29 is 8.78 Å². The molecule has 3 saturated carbocycles. The molecule has 1 aromatic heterocycles. The van der Waals surface area contributed by atoms with E-state index >= 15 is 0 Å². The van der Waals surface area contributed by atoms with Crippen LogP contribution < -0.4 is 5.32 Å². The normalized spacial score (nSPS) is 26.5. The fraction of sp³-hybridized carbons (Fsp3) is 0.440. The van der Waals surface area contributed by atoms with Crippen LogP contribution in [0.4, 0.5) is 8.78 Å². The molecule has 3 fully saturated rings. The van der Waals surface area contributed by atoms with Crippen LogP contribution in [0.25, 0.3) is 22.5 Å². The molecule has 0 aliphatic heterocycles. The molecule has 3 aromatic rings. The lowest BCUT2D eigenvalue weighted by atomic mass is 9.45. The molecular formula is C25H28F2N4. The summed E-state index contributed by atoms with van der Waals surface area (Å²) < 4.78 is 29.8. The summed E-state index contributed by atoms with van der Waals surface area (Å²) in [6.45, 7) is 7.20. The second-order valence-corrected chi connectivity index (χ2v) is 9.76. The molecule has 1 unspecified atom stereocenters. The van der Waals surface area contributed by atoms with E-state index in [1.54, 1.807) is 0 Å². The number of halogens is 2. The smallest absolute Gasteiger partial charge is 0.180 e. The Morgan fingerprint density at radius 2 is 1.81 bits per heavy atom. The SMILES string of the molecule is C[C@H]1C(NCc2c(F)cc(-c3cccc(-c4nc[nH]n4)c3)cc2F)C[C@H]2C[C@H]1C2(C)C. The number of nitrogens with one attached hydrogen (secondary N) is 2. The molecular weight excluding hydrogens is 394 g/mol. The largest absolute Gasteiger partial charge is 0.309 e. The first-order chi connectivity index (χ1) is 14.8. The van der Waals surface area contributed by atoms with Gasteiger partial charge in [0.15, 0.2) is 5.82 Å². The quantitative estimate of drug-likeness (QED) is 0.565. The zero-order chi connectivity index (χ0) is 21.8. The van der Waals surface area contributed by atoms with Crippen LogP contribution in [0.3, 0.4) is 0 Å². The van der Waals surface area contributed by atoms with Gasteiger partial charge >= 0.3 is 0 Å². The van der Waals surface area contributed by atoms with Gasteiger partial charge in [-0.15, -0.1) is 0 Å². The average molecular weight is 423 g/mol. The van der Waals surface area contributed by atoms with E-state index in [4.69, 9.17) is 0 Å². The van der Waals surface area contributed by atoms with Gasteiger partial charge < -0.3 is 5.32 Å². The number of H-pyrrole nitrogens is 1. The van der Waals surface area contributed by atoms with Crippen LogP contribution >= 0.6 is 0 Å². The minimum atomic E-state index is -0.514. The van der Waals surface area contributed by atoms with E-state index in [1.807, 2.05) is 24.3 Å². The second-order valence-electron chi connectivity index (χ2n) is 9.76. The Morgan fingerprint density at radius 3 is 2.45 bits per heavy atom. The number of aromatic nitrogens is 3. The second kappa shape index (κ2) is 7.52. The summed E-state index contributed by atoms with van der Waals surface area (Å²) in [5.41, 5.74) is 2.53. The van der Waals surface area contributed by atoms with Crippen molar-refractivity contribution in [3.63, 3.8) is 0 Å². The maximum Gasteiger partial charge on any atom is 0.180 e. The molecule has 162 valence electrons. The number of fused-ring (bicyclic) bond motifs is 2. The lowest BCUT2D eigenvalue weighted by Crippen LogP contribution is -2.59. The Morgan fingerprint density at radius 1 is 1.06 bits per heavy atom. The van der Waals surface area contributed by atoms with Crippen LogP contribution in [0.1, 0.15) is 39.2 Å². The standard InChI is InChI=1S/C25H28F2N4/c1-14-20-10-18(25(20,2)3)11-23(14)28-12-19-21(26)8-17(9-22(19)27)15-5-4-6-16(7-15)24-29-13-30-31-24/h4-9,13-14,18,20,23,28H,10-12H2,1-3H3,(H,29,30,31)/t14-,18-,20-,23?/m1/s1. The van der Waals surface area contributed by atoms with Gasteiger partial charge in [-0.25, -0.2) is 13.8 Å². The molecule has 3 aliphatic carbocycles. The third-order valence-corrected chi connectivity index (χ3v) is 7.91. The third-order valence-electron chi connectivity index (χ3n) is 7.91. The topological polar surface area (TPSA) is 53.6 Å². The van der Waals surface area contributed by atoms with Gasteiger partial charge in [-0.05, 0) is 65.3 Å². The minimum Gasteiger partial charge on any atom is -0.309 e. The van der Waals surface area contributed by atoms with Crippen LogP contribution in [-0.2, 0) is 6.54 Å². The lowest BCUT2D eigenvalue weighted by molar-refractivity contribution is -0.115. The summed E-state index contributed by atoms with van der Waals surface area (Å²) in [6.07, 6.45) is 3.87. The number of hydrogen-bond donors (Lipinski definition) is 2. The number of hydrogen-bond acceptors (Lipinski definition) is 3. The summed E-state index contributed by atoms with van der Waals surface area (Å²) in [6, 6.07) is 10.5. The number of benzene rings is 2. The molecule has 4 atom stereocenters. The Labute approximate surface area is 181 Å². The first-order valence-electron chi connectivity index (χ1n) is 11.0. The Balaban J connectivity index is 1.33. The summed E-state index contributed by atoms with van der Waals surface area (Å²) in [5.74, 6) is 1.44. The van der Waals surface area contributed by atoms with Crippen molar-refractivity contribution in [3.05, 3.63) is 59.9 Å². The number of rotatable bonds is 5. The molecule has 0 spiro atoms. The van der Waals surface area contributed by atoms with Gasteiger partial charge in [-0.2, -0.15) is 5.10 Å². The summed E-state index contributed by atoms with van der Waals surface area (Å²) in [5, 5.41) is 10.2. The molecule has 4 nitrogen and oxygen atoms in total. The van der Waals surface area contributed by atoms with Gasteiger partial charge in [-0.3, -0.25) is 5.10 Å². The van der Waals surface area contributed by atoms with Gasteiger partial charge in [0.05, 0.1) is 0 Å². The predicted octanol–water partition coefficient (Wildman–Crippen LogP) is 5.58. The highest BCUT2D eigenvalue weighted by Gasteiger charge is 2.56. The first-order valence-corrected chi connectivity index (χ1v) is 11.0. The molecule has 0 amide bonds. The predicted molar refractivity (Wildman–Crippen MR) is 117 cm³/mol. The summed E-state index contributed by atoms with van der Waals surface area (Å²) in [7, 11) is 0. The van der Waals surface area contributed by atoms with Crippen LogP contribution in [-0.4, -0.2) is 21.2 Å².